The summed E-state index contributed by atoms with van der Waals surface area (Å²) in [5, 5.41) is 5.55. The zero-order valence-electron chi connectivity index (χ0n) is 13.1. The van der Waals surface area contributed by atoms with Gasteiger partial charge in [0.1, 0.15) is 18.9 Å². The van der Waals surface area contributed by atoms with E-state index in [0.717, 1.165) is 28.5 Å². The van der Waals surface area contributed by atoms with Crippen LogP contribution < -0.4 is 20.5 Å². The Hall–Kier alpha value is -1.83. The van der Waals surface area contributed by atoms with Crippen LogP contribution in [0.15, 0.2) is 23.6 Å². The Bertz CT molecular complexity index is 693. The van der Waals surface area contributed by atoms with Crippen LogP contribution in [0.4, 0.5) is 0 Å². The Kier molecular flexibility index (Phi) is 6.84. The second-order valence-corrected chi connectivity index (χ2v) is 6.09. The highest BCUT2D eigenvalue weighted by atomic mass is 35.5. The molecule has 2 heterocycles. The SMILES string of the molecule is Cl.NCCc1nc(C(=O)NCCc2ccc3c(c2)OCCO3)cs1. The van der Waals surface area contributed by atoms with Crippen LogP contribution in [-0.2, 0) is 12.8 Å². The quantitative estimate of drug-likeness (QED) is 0.811. The molecule has 1 aromatic heterocycles. The normalized spacial score (nSPS) is 12.4. The summed E-state index contributed by atoms with van der Waals surface area (Å²) in [6.45, 7) is 2.24. The molecule has 6 nitrogen and oxygen atoms in total. The van der Waals surface area contributed by atoms with Gasteiger partial charge in [-0.1, -0.05) is 6.07 Å². The van der Waals surface area contributed by atoms with E-state index in [9.17, 15) is 4.79 Å². The van der Waals surface area contributed by atoms with E-state index in [1.807, 2.05) is 18.2 Å². The molecule has 1 aromatic carbocycles. The van der Waals surface area contributed by atoms with Crippen molar-refractivity contribution in [2.75, 3.05) is 26.3 Å². The molecule has 3 rings (SSSR count). The van der Waals surface area contributed by atoms with E-state index in [4.69, 9.17) is 15.2 Å². The van der Waals surface area contributed by atoms with Crippen LogP contribution in [0.2, 0.25) is 0 Å². The predicted molar refractivity (Wildman–Crippen MR) is 95.6 cm³/mol. The first-order valence-corrected chi connectivity index (χ1v) is 8.45. The monoisotopic (exact) mass is 369 g/mol. The number of nitrogens with two attached hydrogens (primary N) is 1. The molecule has 0 radical (unpaired) electrons. The molecular formula is C16H20ClN3O3S. The van der Waals surface area contributed by atoms with Gasteiger partial charge in [-0.25, -0.2) is 4.98 Å². The zero-order valence-corrected chi connectivity index (χ0v) is 14.8. The maximum Gasteiger partial charge on any atom is 0.270 e. The molecule has 8 heteroatoms. The molecule has 0 fully saturated rings. The molecule has 1 amide bonds. The highest BCUT2D eigenvalue weighted by Crippen LogP contribution is 2.30. The number of amides is 1. The van der Waals surface area contributed by atoms with Gasteiger partial charge in [-0.2, -0.15) is 0 Å². The standard InChI is InChI=1S/C16H19N3O3S.ClH/c17-5-3-15-19-12(10-23-15)16(20)18-6-4-11-1-2-13-14(9-11)22-8-7-21-13;/h1-2,9-10H,3-8,17H2,(H,18,20);1H. The largest absolute Gasteiger partial charge is 0.486 e. The molecule has 1 aliphatic heterocycles. The lowest BCUT2D eigenvalue weighted by Gasteiger charge is -2.18. The summed E-state index contributed by atoms with van der Waals surface area (Å²) < 4.78 is 11.0. The average Bonchev–Trinajstić information content (AvgIpc) is 3.04. The van der Waals surface area contributed by atoms with E-state index >= 15 is 0 Å². The van der Waals surface area contributed by atoms with E-state index < -0.39 is 0 Å². The van der Waals surface area contributed by atoms with Crippen LogP contribution in [0.5, 0.6) is 11.5 Å². The lowest BCUT2D eigenvalue weighted by Crippen LogP contribution is -2.26. The van der Waals surface area contributed by atoms with Crippen molar-refractivity contribution in [2.24, 2.45) is 5.73 Å². The van der Waals surface area contributed by atoms with Crippen LogP contribution in [0.3, 0.4) is 0 Å². The summed E-state index contributed by atoms with van der Waals surface area (Å²) in [5.41, 5.74) is 7.04. The van der Waals surface area contributed by atoms with Gasteiger partial charge in [0, 0.05) is 18.3 Å². The van der Waals surface area contributed by atoms with Gasteiger partial charge < -0.3 is 20.5 Å². The lowest BCUT2D eigenvalue weighted by molar-refractivity contribution is 0.0949. The third-order valence-corrected chi connectivity index (χ3v) is 4.36. The number of thiazole rings is 1. The molecule has 130 valence electrons. The van der Waals surface area contributed by atoms with Crippen LogP contribution in [0.1, 0.15) is 21.1 Å². The fraction of sp³-hybridized carbons (Fsp3) is 0.375. The third-order valence-electron chi connectivity index (χ3n) is 3.45. The van der Waals surface area contributed by atoms with Gasteiger partial charge in [-0.3, -0.25) is 4.79 Å². The Labute approximate surface area is 150 Å². The fourth-order valence-corrected chi connectivity index (χ4v) is 3.10. The summed E-state index contributed by atoms with van der Waals surface area (Å²) >= 11 is 1.47. The van der Waals surface area contributed by atoms with Gasteiger partial charge >= 0.3 is 0 Å². The molecule has 0 saturated heterocycles. The maximum absolute atomic E-state index is 12.0. The van der Waals surface area contributed by atoms with Crippen LogP contribution in [0, 0.1) is 0 Å². The van der Waals surface area contributed by atoms with Crippen molar-refractivity contribution in [2.45, 2.75) is 12.8 Å². The van der Waals surface area contributed by atoms with Gasteiger partial charge in [0.05, 0.1) is 5.01 Å². The van der Waals surface area contributed by atoms with E-state index in [1.165, 1.54) is 11.3 Å². The number of hydrogen-bond donors (Lipinski definition) is 2. The van der Waals surface area contributed by atoms with Crippen molar-refractivity contribution in [1.29, 1.82) is 0 Å². The molecule has 0 spiro atoms. The Morgan fingerprint density at radius 1 is 1.25 bits per heavy atom. The number of hydrogen-bond acceptors (Lipinski definition) is 6. The number of benzene rings is 1. The number of carbonyl (C=O) groups is 1. The number of rotatable bonds is 6. The summed E-state index contributed by atoms with van der Waals surface area (Å²) in [5.74, 6) is 1.40. The number of ether oxygens (including phenoxy) is 2. The van der Waals surface area contributed by atoms with E-state index in [0.29, 0.717) is 38.4 Å². The summed E-state index contributed by atoms with van der Waals surface area (Å²) in [6, 6.07) is 5.86. The highest BCUT2D eigenvalue weighted by molar-refractivity contribution is 7.09. The molecule has 0 saturated carbocycles. The first-order chi connectivity index (χ1) is 11.3. The predicted octanol–water partition coefficient (Wildman–Crippen LogP) is 1.81. The summed E-state index contributed by atoms with van der Waals surface area (Å²) in [6.07, 6.45) is 1.43. The van der Waals surface area contributed by atoms with E-state index in [2.05, 4.69) is 10.3 Å². The third kappa shape index (κ3) is 4.59. The zero-order chi connectivity index (χ0) is 16.1. The molecule has 24 heavy (non-hydrogen) atoms. The molecule has 0 unspecified atom stereocenters. The summed E-state index contributed by atoms with van der Waals surface area (Å²) in [4.78, 5) is 16.3. The minimum Gasteiger partial charge on any atom is -0.486 e. The fourth-order valence-electron chi connectivity index (χ4n) is 2.31. The molecule has 2 aromatic rings. The van der Waals surface area contributed by atoms with Crippen LogP contribution in [0.25, 0.3) is 0 Å². The molecular weight excluding hydrogens is 350 g/mol. The first kappa shape index (κ1) is 18.5. The topological polar surface area (TPSA) is 86.5 Å². The molecule has 0 bridgehead atoms. The Balaban J connectivity index is 0.00000208. The number of fused-ring (bicyclic) bond motifs is 1. The molecule has 0 aliphatic carbocycles. The number of nitrogens with zero attached hydrogens (tertiary/aromatic N) is 1. The molecule has 3 N–H and O–H groups in total. The van der Waals surface area contributed by atoms with Crippen molar-refractivity contribution in [1.82, 2.24) is 10.3 Å². The Morgan fingerprint density at radius 2 is 2.04 bits per heavy atom. The summed E-state index contributed by atoms with van der Waals surface area (Å²) in [7, 11) is 0. The number of carbonyl (C=O) groups excluding carboxylic acids is 1. The van der Waals surface area contributed by atoms with Gasteiger partial charge in [-0.05, 0) is 30.7 Å². The van der Waals surface area contributed by atoms with Crippen molar-refractivity contribution in [3.8, 4) is 11.5 Å². The number of aromatic nitrogens is 1. The second-order valence-electron chi connectivity index (χ2n) is 5.15. The lowest BCUT2D eigenvalue weighted by atomic mass is 10.1. The number of nitrogens with one attached hydrogen (secondary N) is 1. The first-order valence-electron chi connectivity index (χ1n) is 7.57. The minimum absolute atomic E-state index is 0. The Morgan fingerprint density at radius 3 is 2.83 bits per heavy atom. The smallest absolute Gasteiger partial charge is 0.270 e. The van der Waals surface area contributed by atoms with Crippen LogP contribution in [-0.4, -0.2) is 37.2 Å². The minimum atomic E-state index is -0.151. The molecule has 0 atom stereocenters. The highest BCUT2D eigenvalue weighted by Gasteiger charge is 2.13. The van der Waals surface area contributed by atoms with Crippen LogP contribution >= 0.6 is 23.7 Å². The van der Waals surface area contributed by atoms with Gasteiger partial charge in [0.25, 0.3) is 5.91 Å². The molecule has 1 aliphatic rings. The van der Waals surface area contributed by atoms with Gasteiger partial charge in [0.2, 0.25) is 0 Å². The van der Waals surface area contributed by atoms with Gasteiger partial charge in [-0.15, -0.1) is 23.7 Å². The van der Waals surface area contributed by atoms with Gasteiger partial charge in [0.15, 0.2) is 11.5 Å². The van der Waals surface area contributed by atoms with E-state index in [1.54, 1.807) is 5.38 Å². The van der Waals surface area contributed by atoms with Crippen molar-refractivity contribution < 1.29 is 14.3 Å². The van der Waals surface area contributed by atoms with E-state index in [-0.39, 0.29) is 18.3 Å². The van der Waals surface area contributed by atoms with Crippen molar-refractivity contribution in [3.05, 3.63) is 39.8 Å². The average molecular weight is 370 g/mol. The van der Waals surface area contributed by atoms with Crippen molar-refractivity contribution >= 4 is 29.7 Å². The second kappa shape index (κ2) is 8.86. The maximum atomic E-state index is 12.0. The number of halogens is 1. The van der Waals surface area contributed by atoms with Crippen molar-refractivity contribution in [3.63, 3.8) is 0 Å².